The molecule has 0 bridgehead atoms. The molecule has 1 saturated heterocycles. The number of amides is 1. The first-order valence-electron chi connectivity index (χ1n) is 6.02. The summed E-state index contributed by atoms with van der Waals surface area (Å²) in [5.74, 6) is -1.11. The predicted octanol–water partition coefficient (Wildman–Crippen LogP) is 0.408. The molecule has 0 radical (unpaired) electrons. The zero-order valence-electron chi connectivity index (χ0n) is 10.6. The summed E-state index contributed by atoms with van der Waals surface area (Å²) in [6.45, 7) is 1.79. The number of hydrogen-bond donors (Lipinski definition) is 2. The summed E-state index contributed by atoms with van der Waals surface area (Å²) in [6, 6.07) is 1.34. The van der Waals surface area contributed by atoms with Gasteiger partial charge in [0.1, 0.15) is 0 Å². The molecule has 0 aromatic carbocycles. The third-order valence-corrected chi connectivity index (χ3v) is 2.75. The zero-order valence-corrected chi connectivity index (χ0v) is 10.6. The maximum Gasteiger partial charge on any atom is 0.254 e. The molecule has 1 atom stereocenters. The van der Waals surface area contributed by atoms with Crippen LogP contribution in [-0.2, 0) is 9.47 Å². The van der Waals surface area contributed by atoms with Gasteiger partial charge in [-0.05, 0) is 6.07 Å². The van der Waals surface area contributed by atoms with Crippen molar-refractivity contribution in [2.24, 2.45) is 0 Å². The molecule has 2 rings (SSSR count). The molecule has 1 aliphatic heterocycles. The number of aromatic nitrogens is 1. The molecule has 1 aromatic heterocycles. The molecule has 6 nitrogen and oxygen atoms in total. The maximum absolute atomic E-state index is 13.8. The van der Waals surface area contributed by atoms with E-state index in [2.05, 4.69) is 15.6 Å². The number of nitrogens with one attached hydrogen (secondary N) is 2. The molecular formula is C12H16FN3O3. The highest BCUT2D eigenvalue weighted by molar-refractivity contribution is 5.95. The van der Waals surface area contributed by atoms with Gasteiger partial charge in [-0.25, -0.2) is 9.37 Å². The minimum atomic E-state index is -0.664. The number of carbonyl (C=O) groups is 1. The van der Waals surface area contributed by atoms with Crippen LogP contribution in [0, 0.1) is 5.82 Å². The standard InChI is InChI=1S/C12H16FN3O3/c1-14-11-10(13)9(2-3-15-11)12(17)16-6-8-7-18-4-5-19-8/h2-3,8H,4-7H2,1H3,(H,14,15)(H,16,17). The van der Waals surface area contributed by atoms with Crippen molar-refractivity contribution in [1.82, 2.24) is 10.3 Å². The number of halogens is 1. The van der Waals surface area contributed by atoms with Gasteiger partial charge in [0.15, 0.2) is 11.6 Å². The Bertz CT molecular complexity index is 450. The Labute approximate surface area is 110 Å². The fourth-order valence-corrected chi connectivity index (χ4v) is 1.75. The van der Waals surface area contributed by atoms with E-state index in [0.717, 1.165) is 0 Å². The Hall–Kier alpha value is -1.73. The van der Waals surface area contributed by atoms with Crippen LogP contribution in [0.5, 0.6) is 0 Å². The quantitative estimate of drug-likeness (QED) is 0.828. The van der Waals surface area contributed by atoms with E-state index in [1.54, 1.807) is 7.05 Å². The van der Waals surface area contributed by atoms with Crippen LogP contribution in [0.4, 0.5) is 10.2 Å². The number of pyridine rings is 1. The summed E-state index contributed by atoms with van der Waals surface area (Å²) in [5, 5.41) is 5.21. The molecule has 2 N–H and O–H groups in total. The van der Waals surface area contributed by atoms with Gasteiger partial charge in [-0.3, -0.25) is 4.79 Å². The largest absolute Gasteiger partial charge is 0.376 e. The SMILES string of the molecule is CNc1nccc(C(=O)NCC2COCCO2)c1F. The summed E-state index contributed by atoms with van der Waals surface area (Å²) >= 11 is 0. The topological polar surface area (TPSA) is 72.5 Å². The van der Waals surface area contributed by atoms with Crippen LogP contribution >= 0.6 is 0 Å². The van der Waals surface area contributed by atoms with Gasteiger partial charge in [0.25, 0.3) is 5.91 Å². The average molecular weight is 269 g/mol. The first-order chi connectivity index (χ1) is 9.22. The molecule has 1 aromatic rings. The van der Waals surface area contributed by atoms with Crippen molar-refractivity contribution in [2.45, 2.75) is 6.10 Å². The second-order valence-electron chi connectivity index (χ2n) is 4.05. The van der Waals surface area contributed by atoms with Gasteiger partial charge in [-0.1, -0.05) is 0 Å². The molecule has 0 saturated carbocycles. The van der Waals surface area contributed by atoms with Crippen molar-refractivity contribution in [1.29, 1.82) is 0 Å². The van der Waals surface area contributed by atoms with Crippen LogP contribution in [0.2, 0.25) is 0 Å². The van der Waals surface area contributed by atoms with Crippen LogP contribution in [0.3, 0.4) is 0 Å². The van der Waals surface area contributed by atoms with Crippen molar-refractivity contribution in [3.05, 3.63) is 23.6 Å². The molecule has 0 spiro atoms. The lowest BCUT2D eigenvalue weighted by Gasteiger charge is -2.23. The molecule has 2 heterocycles. The second kappa shape index (κ2) is 6.44. The van der Waals surface area contributed by atoms with Crippen LogP contribution in [0.15, 0.2) is 12.3 Å². The van der Waals surface area contributed by atoms with Crippen LogP contribution in [-0.4, -0.2) is 50.4 Å². The van der Waals surface area contributed by atoms with E-state index < -0.39 is 11.7 Å². The van der Waals surface area contributed by atoms with Crippen LogP contribution in [0.1, 0.15) is 10.4 Å². The average Bonchev–Trinajstić information content (AvgIpc) is 2.46. The zero-order chi connectivity index (χ0) is 13.7. The van der Waals surface area contributed by atoms with Gasteiger partial charge < -0.3 is 20.1 Å². The number of rotatable bonds is 4. The van der Waals surface area contributed by atoms with Crippen LogP contribution in [0.25, 0.3) is 0 Å². The Balaban J connectivity index is 1.95. The Kier molecular flexibility index (Phi) is 4.64. The van der Waals surface area contributed by atoms with E-state index in [9.17, 15) is 9.18 Å². The second-order valence-corrected chi connectivity index (χ2v) is 4.05. The number of carbonyl (C=O) groups excluding carboxylic acids is 1. The number of ether oxygens (including phenoxy) is 2. The summed E-state index contributed by atoms with van der Waals surface area (Å²) in [6.07, 6.45) is 1.19. The Morgan fingerprint density at radius 3 is 3.11 bits per heavy atom. The summed E-state index contributed by atoms with van der Waals surface area (Å²) in [7, 11) is 1.54. The van der Waals surface area contributed by atoms with E-state index in [0.29, 0.717) is 19.8 Å². The van der Waals surface area contributed by atoms with Crippen molar-refractivity contribution in [3.63, 3.8) is 0 Å². The van der Waals surface area contributed by atoms with E-state index in [-0.39, 0.29) is 24.0 Å². The smallest absolute Gasteiger partial charge is 0.254 e. The Morgan fingerprint density at radius 1 is 1.58 bits per heavy atom. The predicted molar refractivity (Wildman–Crippen MR) is 66.6 cm³/mol. The minimum absolute atomic E-state index is 0.0453. The Morgan fingerprint density at radius 2 is 2.42 bits per heavy atom. The molecule has 7 heteroatoms. The van der Waals surface area contributed by atoms with Gasteiger partial charge in [-0.15, -0.1) is 0 Å². The van der Waals surface area contributed by atoms with Gasteiger partial charge in [-0.2, -0.15) is 0 Å². The van der Waals surface area contributed by atoms with E-state index >= 15 is 0 Å². The highest BCUT2D eigenvalue weighted by atomic mass is 19.1. The van der Waals surface area contributed by atoms with Gasteiger partial charge in [0, 0.05) is 19.8 Å². The molecule has 104 valence electrons. The van der Waals surface area contributed by atoms with Crippen molar-refractivity contribution in [3.8, 4) is 0 Å². The number of anilines is 1. The molecule has 1 amide bonds. The third-order valence-electron chi connectivity index (χ3n) is 2.75. The highest BCUT2D eigenvalue weighted by Gasteiger charge is 2.18. The van der Waals surface area contributed by atoms with Gasteiger partial charge >= 0.3 is 0 Å². The lowest BCUT2D eigenvalue weighted by Crippen LogP contribution is -2.40. The summed E-state index contributed by atoms with van der Waals surface area (Å²) in [5.41, 5.74) is -0.0453. The van der Waals surface area contributed by atoms with E-state index in [1.807, 2.05) is 0 Å². The van der Waals surface area contributed by atoms with Crippen LogP contribution < -0.4 is 10.6 Å². The molecule has 1 aliphatic rings. The molecular weight excluding hydrogens is 253 g/mol. The first-order valence-corrected chi connectivity index (χ1v) is 6.02. The lowest BCUT2D eigenvalue weighted by molar-refractivity contribution is -0.0855. The summed E-state index contributed by atoms with van der Waals surface area (Å²) in [4.78, 5) is 15.7. The van der Waals surface area contributed by atoms with Gasteiger partial charge in [0.2, 0.25) is 0 Å². The number of nitrogens with zero attached hydrogens (tertiary/aromatic N) is 1. The van der Waals surface area contributed by atoms with Gasteiger partial charge in [0.05, 0.1) is 31.5 Å². The van der Waals surface area contributed by atoms with E-state index in [4.69, 9.17) is 9.47 Å². The molecule has 0 aliphatic carbocycles. The van der Waals surface area contributed by atoms with Crippen molar-refractivity contribution in [2.75, 3.05) is 38.7 Å². The molecule has 19 heavy (non-hydrogen) atoms. The highest BCUT2D eigenvalue weighted by Crippen LogP contribution is 2.14. The first kappa shape index (κ1) is 13.7. The molecule has 1 fully saturated rings. The lowest BCUT2D eigenvalue weighted by atomic mass is 10.2. The van der Waals surface area contributed by atoms with Crippen molar-refractivity contribution >= 4 is 11.7 Å². The third kappa shape index (κ3) is 3.39. The summed E-state index contributed by atoms with van der Waals surface area (Å²) < 4.78 is 24.4. The monoisotopic (exact) mass is 269 g/mol. The number of hydrogen-bond acceptors (Lipinski definition) is 5. The van der Waals surface area contributed by atoms with Crippen molar-refractivity contribution < 1.29 is 18.7 Å². The normalized spacial score (nSPS) is 18.9. The molecule has 1 unspecified atom stereocenters. The van der Waals surface area contributed by atoms with E-state index in [1.165, 1.54) is 12.3 Å². The fraction of sp³-hybridized carbons (Fsp3) is 0.500. The fourth-order valence-electron chi connectivity index (χ4n) is 1.75. The maximum atomic E-state index is 13.8. The minimum Gasteiger partial charge on any atom is -0.376 e.